The Balaban J connectivity index is 2.11. The van der Waals surface area contributed by atoms with E-state index in [1.54, 1.807) is 6.92 Å². The summed E-state index contributed by atoms with van der Waals surface area (Å²) in [6.07, 6.45) is 0.971. The molecule has 2 heterocycles. The summed E-state index contributed by atoms with van der Waals surface area (Å²) < 4.78 is 71.2. The molecule has 0 saturated heterocycles. The highest BCUT2D eigenvalue weighted by atomic mass is 32.2. The zero-order valence-electron chi connectivity index (χ0n) is 16.4. The van der Waals surface area contributed by atoms with Gasteiger partial charge in [0.15, 0.2) is 0 Å². The molecule has 1 spiro atoms. The van der Waals surface area contributed by atoms with Crippen molar-refractivity contribution in [3.8, 4) is 5.75 Å². The van der Waals surface area contributed by atoms with E-state index in [2.05, 4.69) is 23.8 Å². The molecule has 3 rings (SSSR count). The third-order valence-corrected chi connectivity index (χ3v) is 9.42. The van der Waals surface area contributed by atoms with Crippen LogP contribution in [0.4, 0.5) is 13.2 Å². The molecular formula is C17H22F3NO6SSi. The minimum Gasteiger partial charge on any atom is -0.464 e. The highest BCUT2D eigenvalue weighted by molar-refractivity contribution is 7.88. The number of ether oxygens (including phenoxy) is 1. The van der Waals surface area contributed by atoms with E-state index in [1.165, 1.54) is 4.57 Å². The summed E-state index contributed by atoms with van der Waals surface area (Å²) >= 11 is 0. The Labute approximate surface area is 166 Å². The largest absolute Gasteiger partial charge is 0.534 e. The Kier molecular flexibility index (Phi) is 4.97. The summed E-state index contributed by atoms with van der Waals surface area (Å²) in [5.74, 6) is -1.30. The molecule has 0 N–H and O–H groups in total. The van der Waals surface area contributed by atoms with Crippen molar-refractivity contribution in [2.24, 2.45) is 0 Å². The quantitative estimate of drug-likeness (QED) is 0.295. The van der Waals surface area contributed by atoms with Crippen LogP contribution in [0.15, 0.2) is 16.9 Å². The number of pyridine rings is 1. The summed E-state index contributed by atoms with van der Waals surface area (Å²) in [6, 6.07) is 0.903. The number of hydrogen-bond donors (Lipinski definition) is 0. The van der Waals surface area contributed by atoms with Crippen molar-refractivity contribution in [2.45, 2.75) is 61.9 Å². The van der Waals surface area contributed by atoms with Gasteiger partial charge in [0, 0.05) is 31.3 Å². The van der Waals surface area contributed by atoms with E-state index in [0.29, 0.717) is 24.6 Å². The van der Waals surface area contributed by atoms with Crippen LogP contribution in [0.5, 0.6) is 5.75 Å². The fourth-order valence-electron chi connectivity index (χ4n) is 4.40. The maximum absolute atomic E-state index is 12.7. The molecule has 2 aliphatic rings. The highest BCUT2D eigenvalue weighted by Crippen LogP contribution is 2.69. The first-order valence-corrected chi connectivity index (χ1v) is 14.1. The smallest absolute Gasteiger partial charge is 0.464 e. The van der Waals surface area contributed by atoms with E-state index >= 15 is 0 Å². The van der Waals surface area contributed by atoms with Crippen molar-refractivity contribution >= 4 is 24.2 Å². The first-order chi connectivity index (χ1) is 13.1. The molecule has 162 valence electrons. The molecule has 1 aromatic heterocycles. The van der Waals surface area contributed by atoms with Crippen LogP contribution in [0.2, 0.25) is 25.2 Å². The Morgan fingerprint density at radius 1 is 1.28 bits per heavy atom. The molecule has 1 aliphatic heterocycles. The van der Waals surface area contributed by atoms with Gasteiger partial charge in [-0.05, 0) is 25.3 Å². The molecule has 7 nitrogen and oxygen atoms in total. The molecule has 29 heavy (non-hydrogen) atoms. The maximum atomic E-state index is 12.7. The predicted octanol–water partition coefficient (Wildman–Crippen LogP) is 2.93. The van der Waals surface area contributed by atoms with Gasteiger partial charge in [-0.25, -0.2) is 4.79 Å². The topological polar surface area (TPSA) is 91.7 Å². The number of halogens is 3. The summed E-state index contributed by atoms with van der Waals surface area (Å²) in [5.41, 5.74) is -6.46. The summed E-state index contributed by atoms with van der Waals surface area (Å²) in [6.45, 7) is 8.13. The number of alkyl halides is 3. The van der Waals surface area contributed by atoms with Crippen LogP contribution in [0.25, 0.3) is 0 Å². The Morgan fingerprint density at radius 2 is 1.90 bits per heavy atom. The second-order valence-corrected chi connectivity index (χ2v) is 15.5. The minimum absolute atomic E-state index is 0.120. The fourth-order valence-corrected chi connectivity index (χ4v) is 7.74. The molecule has 0 radical (unpaired) electrons. The van der Waals surface area contributed by atoms with Crippen molar-refractivity contribution < 1.29 is 35.3 Å². The number of fused-ring (bicyclic) bond motifs is 2. The number of carbonyl (C=O) groups is 1. The number of esters is 1. The van der Waals surface area contributed by atoms with Gasteiger partial charge in [0.05, 0.1) is 6.61 Å². The van der Waals surface area contributed by atoms with E-state index < -0.39 is 52.4 Å². The number of nitrogens with zero attached hydrogens (tertiary/aromatic N) is 1. The lowest BCUT2D eigenvalue weighted by molar-refractivity contribution is -0.147. The molecule has 1 saturated carbocycles. The fraction of sp³-hybridized carbons (Fsp3) is 0.647. The standard InChI is InChI=1S/C17H22F3NO6SSi/c1-5-26-15(23)11-8-16(9-13(16)29(2,3)4)12-6-10(7-14(22)21(11)12)27-28(24,25)17(18,19)20/h6-7,11,13H,5,8-9H2,1-4H3. The monoisotopic (exact) mass is 453 g/mol. The van der Waals surface area contributed by atoms with E-state index in [4.69, 9.17) is 4.74 Å². The van der Waals surface area contributed by atoms with Crippen LogP contribution in [-0.2, 0) is 25.1 Å². The lowest BCUT2D eigenvalue weighted by atomic mass is 9.98. The van der Waals surface area contributed by atoms with E-state index in [1.807, 2.05) is 0 Å². The predicted molar refractivity (Wildman–Crippen MR) is 100.0 cm³/mol. The van der Waals surface area contributed by atoms with Gasteiger partial charge >= 0.3 is 21.6 Å². The average Bonchev–Trinajstić information content (AvgIpc) is 3.18. The van der Waals surface area contributed by atoms with Gasteiger partial charge in [0.2, 0.25) is 0 Å². The first kappa shape index (κ1) is 21.9. The average molecular weight is 454 g/mol. The molecule has 1 fully saturated rings. The van der Waals surface area contributed by atoms with Crippen LogP contribution in [-0.4, -0.2) is 39.1 Å². The van der Waals surface area contributed by atoms with E-state index in [9.17, 15) is 31.2 Å². The molecule has 3 unspecified atom stereocenters. The van der Waals surface area contributed by atoms with Crippen molar-refractivity contribution in [1.29, 1.82) is 0 Å². The van der Waals surface area contributed by atoms with Crippen molar-refractivity contribution in [2.75, 3.05) is 6.61 Å². The number of aromatic nitrogens is 1. The third-order valence-electron chi connectivity index (χ3n) is 5.59. The lowest BCUT2D eigenvalue weighted by Gasteiger charge is -2.20. The van der Waals surface area contributed by atoms with Crippen LogP contribution in [0.3, 0.4) is 0 Å². The molecule has 0 aromatic carbocycles. The molecule has 3 atom stereocenters. The number of rotatable bonds is 5. The zero-order valence-corrected chi connectivity index (χ0v) is 18.2. The highest BCUT2D eigenvalue weighted by Gasteiger charge is 2.66. The summed E-state index contributed by atoms with van der Waals surface area (Å²) in [5, 5.41) is 0. The second kappa shape index (κ2) is 6.59. The van der Waals surface area contributed by atoms with Crippen molar-refractivity contribution in [1.82, 2.24) is 4.57 Å². The van der Waals surface area contributed by atoms with Crippen LogP contribution >= 0.6 is 0 Å². The van der Waals surface area contributed by atoms with Gasteiger partial charge in [-0.3, -0.25) is 9.36 Å². The Morgan fingerprint density at radius 3 is 2.38 bits per heavy atom. The van der Waals surface area contributed by atoms with Crippen molar-refractivity contribution in [3.05, 3.63) is 28.2 Å². The molecular weight excluding hydrogens is 431 g/mol. The molecule has 1 aliphatic carbocycles. The number of hydrogen-bond acceptors (Lipinski definition) is 6. The molecule has 12 heteroatoms. The van der Waals surface area contributed by atoms with Gasteiger partial charge < -0.3 is 8.92 Å². The van der Waals surface area contributed by atoms with E-state index in [-0.39, 0.29) is 12.1 Å². The Bertz CT molecular complexity index is 1010. The molecule has 0 amide bonds. The van der Waals surface area contributed by atoms with Gasteiger partial charge in [-0.15, -0.1) is 0 Å². The van der Waals surface area contributed by atoms with Crippen LogP contribution in [0.1, 0.15) is 31.5 Å². The summed E-state index contributed by atoms with van der Waals surface area (Å²) in [4.78, 5) is 25.1. The Hall–Kier alpha value is -1.82. The third kappa shape index (κ3) is 3.60. The first-order valence-electron chi connectivity index (χ1n) is 9.08. The van der Waals surface area contributed by atoms with Crippen molar-refractivity contribution in [3.63, 3.8) is 0 Å². The second-order valence-electron chi connectivity index (χ2n) is 8.52. The molecule has 0 bridgehead atoms. The van der Waals surface area contributed by atoms with Gasteiger partial charge in [-0.1, -0.05) is 19.6 Å². The number of carbonyl (C=O) groups excluding carboxylic acids is 1. The van der Waals surface area contributed by atoms with Gasteiger partial charge in [-0.2, -0.15) is 21.6 Å². The van der Waals surface area contributed by atoms with Crippen LogP contribution < -0.4 is 9.74 Å². The normalized spacial score (nSPS) is 26.3. The molecule has 1 aromatic rings. The van der Waals surface area contributed by atoms with Gasteiger partial charge in [0.25, 0.3) is 5.56 Å². The SMILES string of the molecule is CCOC(=O)C1CC2(CC2[Si](C)(C)C)c2cc(OS(=O)(=O)C(F)(F)F)cc(=O)n21. The zero-order chi connectivity index (χ0) is 22.0. The minimum atomic E-state index is -5.91. The van der Waals surface area contributed by atoms with E-state index in [0.717, 1.165) is 6.07 Å². The lowest BCUT2D eigenvalue weighted by Crippen LogP contribution is -2.31. The van der Waals surface area contributed by atoms with Gasteiger partial charge in [0.1, 0.15) is 11.8 Å². The maximum Gasteiger partial charge on any atom is 0.534 e. The van der Waals surface area contributed by atoms with Crippen LogP contribution in [0, 0.1) is 0 Å². The summed E-state index contributed by atoms with van der Waals surface area (Å²) in [7, 11) is -7.64.